The Bertz CT molecular complexity index is 522. The van der Waals surface area contributed by atoms with Gasteiger partial charge in [0.2, 0.25) is 10.0 Å². The Kier molecular flexibility index (Phi) is 6.63. The van der Waals surface area contributed by atoms with Crippen LogP contribution in [0.4, 0.5) is 0 Å². The number of thiophene rings is 1. The highest BCUT2D eigenvalue weighted by molar-refractivity contribution is 7.91. The van der Waals surface area contributed by atoms with Crippen LogP contribution in [-0.4, -0.2) is 34.7 Å². The molecule has 0 bridgehead atoms. The largest absolute Gasteiger partial charge is 0.381 e. The normalized spacial score (nSPS) is 19.8. The van der Waals surface area contributed by atoms with Gasteiger partial charge in [0, 0.05) is 19.7 Å². The molecule has 1 fully saturated rings. The zero-order valence-electron chi connectivity index (χ0n) is 12.4. The minimum atomic E-state index is -3.38. The second-order valence-corrected chi connectivity index (χ2v) is 8.29. The van der Waals surface area contributed by atoms with Gasteiger partial charge >= 0.3 is 0 Å². The summed E-state index contributed by atoms with van der Waals surface area (Å²) in [5.74, 6) is 0.291. The van der Waals surface area contributed by atoms with E-state index in [0.29, 0.717) is 23.3 Å². The van der Waals surface area contributed by atoms with E-state index in [4.69, 9.17) is 4.74 Å². The first kappa shape index (κ1) is 16.9. The molecule has 7 heteroatoms. The Morgan fingerprint density at radius 1 is 1.48 bits per heavy atom. The van der Waals surface area contributed by atoms with Crippen LogP contribution in [0.25, 0.3) is 0 Å². The average molecular weight is 332 g/mol. The van der Waals surface area contributed by atoms with Crippen LogP contribution in [0.3, 0.4) is 0 Å². The molecule has 0 aromatic carbocycles. The Morgan fingerprint density at radius 3 is 3.05 bits per heavy atom. The van der Waals surface area contributed by atoms with E-state index in [1.165, 1.54) is 11.3 Å². The molecule has 0 aliphatic carbocycles. The topological polar surface area (TPSA) is 67.4 Å². The number of ether oxygens (including phenoxy) is 1. The first-order chi connectivity index (χ1) is 10.1. The Hall–Kier alpha value is -0.470. The molecular weight excluding hydrogens is 308 g/mol. The van der Waals surface area contributed by atoms with E-state index in [0.717, 1.165) is 44.5 Å². The molecule has 0 saturated carbocycles. The monoisotopic (exact) mass is 332 g/mol. The van der Waals surface area contributed by atoms with Gasteiger partial charge in [0.15, 0.2) is 0 Å². The van der Waals surface area contributed by atoms with Crippen molar-refractivity contribution in [1.82, 2.24) is 10.0 Å². The molecule has 0 amide bonds. The Labute approximate surface area is 131 Å². The number of rotatable bonds is 8. The lowest BCUT2D eigenvalue weighted by Gasteiger charge is -2.21. The van der Waals surface area contributed by atoms with E-state index in [9.17, 15) is 8.42 Å². The summed E-state index contributed by atoms with van der Waals surface area (Å²) in [4.78, 5) is 0. The molecule has 1 aromatic heterocycles. The first-order valence-electron chi connectivity index (χ1n) is 7.47. The standard InChI is InChI=1S/C14H24N2O3S2/c1-2-5-15-8-13-7-14(20-11-13)21(17,18)16-9-12-4-3-6-19-10-12/h7,11-12,15-16H,2-6,8-10H2,1H3. The summed E-state index contributed by atoms with van der Waals surface area (Å²) >= 11 is 1.28. The molecular formula is C14H24N2O3S2. The molecule has 2 N–H and O–H groups in total. The molecule has 1 aliphatic heterocycles. The summed E-state index contributed by atoms with van der Waals surface area (Å²) in [6.45, 7) is 5.68. The van der Waals surface area contributed by atoms with Gasteiger partial charge in [-0.2, -0.15) is 0 Å². The first-order valence-corrected chi connectivity index (χ1v) is 9.83. The van der Waals surface area contributed by atoms with Crippen molar-refractivity contribution in [1.29, 1.82) is 0 Å². The third kappa shape index (κ3) is 5.34. The van der Waals surface area contributed by atoms with Crippen LogP contribution < -0.4 is 10.0 Å². The highest BCUT2D eigenvalue weighted by Gasteiger charge is 2.20. The van der Waals surface area contributed by atoms with Crippen LogP contribution in [-0.2, 0) is 21.3 Å². The number of nitrogens with one attached hydrogen (secondary N) is 2. The third-order valence-corrected chi connectivity index (χ3v) is 6.38. The fourth-order valence-electron chi connectivity index (χ4n) is 2.26. The van der Waals surface area contributed by atoms with Crippen molar-refractivity contribution < 1.29 is 13.2 Å². The maximum Gasteiger partial charge on any atom is 0.250 e. The van der Waals surface area contributed by atoms with Crippen molar-refractivity contribution in [2.75, 3.05) is 26.3 Å². The zero-order valence-corrected chi connectivity index (χ0v) is 14.1. The molecule has 21 heavy (non-hydrogen) atoms. The van der Waals surface area contributed by atoms with Crippen molar-refractivity contribution in [3.63, 3.8) is 0 Å². The predicted molar refractivity (Wildman–Crippen MR) is 85.0 cm³/mol. The quantitative estimate of drug-likeness (QED) is 0.714. The van der Waals surface area contributed by atoms with E-state index in [-0.39, 0.29) is 0 Å². The van der Waals surface area contributed by atoms with E-state index in [1.54, 1.807) is 6.07 Å². The number of hydrogen-bond donors (Lipinski definition) is 2. The van der Waals surface area contributed by atoms with Crippen LogP contribution in [0.5, 0.6) is 0 Å². The van der Waals surface area contributed by atoms with Crippen molar-refractivity contribution in [2.24, 2.45) is 5.92 Å². The SMILES string of the molecule is CCCNCc1csc(S(=O)(=O)NCC2CCCOC2)c1. The molecule has 1 unspecified atom stereocenters. The average Bonchev–Trinajstić information content (AvgIpc) is 2.96. The lowest BCUT2D eigenvalue weighted by Crippen LogP contribution is -2.32. The van der Waals surface area contributed by atoms with E-state index < -0.39 is 10.0 Å². The van der Waals surface area contributed by atoms with Gasteiger partial charge in [0.05, 0.1) is 6.61 Å². The number of hydrogen-bond acceptors (Lipinski definition) is 5. The maximum atomic E-state index is 12.3. The maximum absolute atomic E-state index is 12.3. The van der Waals surface area contributed by atoms with E-state index in [1.807, 2.05) is 5.38 Å². The molecule has 0 radical (unpaired) electrons. The van der Waals surface area contributed by atoms with Crippen LogP contribution >= 0.6 is 11.3 Å². The highest BCUT2D eigenvalue weighted by atomic mass is 32.2. The minimum absolute atomic E-state index is 0.291. The third-order valence-electron chi connectivity index (χ3n) is 3.47. The van der Waals surface area contributed by atoms with Crippen molar-refractivity contribution in [2.45, 2.75) is 36.9 Å². The van der Waals surface area contributed by atoms with Crippen LogP contribution in [0.2, 0.25) is 0 Å². The van der Waals surface area contributed by atoms with Crippen LogP contribution in [0.1, 0.15) is 31.7 Å². The fourth-order valence-corrected chi connectivity index (χ4v) is 4.63. The fraction of sp³-hybridized carbons (Fsp3) is 0.714. The van der Waals surface area contributed by atoms with Gasteiger partial charge < -0.3 is 10.1 Å². The summed E-state index contributed by atoms with van der Waals surface area (Å²) in [5.41, 5.74) is 1.02. The van der Waals surface area contributed by atoms with Crippen molar-refractivity contribution >= 4 is 21.4 Å². The smallest absolute Gasteiger partial charge is 0.250 e. The lowest BCUT2D eigenvalue weighted by atomic mass is 10.0. The van der Waals surface area contributed by atoms with Crippen molar-refractivity contribution in [3.05, 3.63) is 17.0 Å². The summed E-state index contributed by atoms with van der Waals surface area (Å²) in [6.07, 6.45) is 3.11. The zero-order chi connectivity index (χ0) is 15.1. The summed E-state index contributed by atoms with van der Waals surface area (Å²) in [7, 11) is -3.38. The van der Waals surface area contributed by atoms with Crippen molar-refractivity contribution in [3.8, 4) is 0 Å². The Balaban J connectivity index is 1.86. The minimum Gasteiger partial charge on any atom is -0.381 e. The van der Waals surface area contributed by atoms with Crippen LogP contribution in [0, 0.1) is 5.92 Å². The highest BCUT2D eigenvalue weighted by Crippen LogP contribution is 2.21. The van der Waals surface area contributed by atoms with Crippen LogP contribution in [0.15, 0.2) is 15.7 Å². The molecule has 1 atom stereocenters. The predicted octanol–water partition coefficient (Wildman–Crippen LogP) is 1.95. The molecule has 120 valence electrons. The van der Waals surface area contributed by atoms with E-state index >= 15 is 0 Å². The molecule has 1 saturated heterocycles. The lowest BCUT2D eigenvalue weighted by molar-refractivity contribution is 0.0568. The second kappa shape index (κ2) is 8.24. The van der Waals surface area contributed by atoms with Gasteiger partial charge in [0.25, 0.3) is 0 Å². The molecule has 0 spiro atoms. The molecule has 1 aromatic rings. The van der Waals surface area contributed by atoms with Gasteiger partial charge in [-0.3, -0.25) is 0 Å². The van der Waals surface area contributed by atoms with Gasteiger partial charge in [-0.15, -0.1) is 11.3 Å². The summed E-state index contributed by atoms with van der Waals surface area (Å²) in [6, 6.07) is 1.76. The van der Waals surface area contributed by atoms with Gasteiger partial charge in [0.1, 0.15) is 4.21 Å². The van der Waals surface area contributed by atoms with Gasteiger partial charge in [-0.05, 0) is 48.7 Å². The molecule has 2 rings (SSSR count). The van der Waals surface area contributed by atoms with E-state index in [2.05, 4.69) is 17.0 Å². The molecule has 2 heterocycles. The molecule has 1 aliphatic rings. The number of sulfonamides is 1. The van der Waals surface area contributed by atoms with Gasteiger partial charge in [-0.25, -0.2) is 13.1 Å². The molecule has 5 nitrogen and oxygen atoms in total. The van der Waals surface area contributed by atoms with Gasteiger partial charge in [-0.1, -0.05) is 6.92 Å². The summed E-state index contributed by atoms with van der Waals surface area (Å²) < 4.78 is 33.0. The Morgan fingerprint density at radius 2 is 2.33 bits per heavy atom. The summed E-state index contributed by atoms with van der Waals surface area (Å²) in [5, 5.41) is 5.18. The second-order valence-electron chi connectivity index (χ2n) is 5.39.